The molecule has 0 aliphatic carbocycles. The van der Waals surface area contributed by atoms with Crippen molar-refractivity contribution in [3.05, 3.63) is 65.2 Å². The number of esters is 2. The van der Waals surface area contributed by atoms with Crippen LogP contribution in [-0.4, -0.2) is 84.0 Å². The SMILES string of the molecule is CCOC(=O)CCCN(c1c(F)c(Oc2cccc(C3=NCCN3C)c2)nc(Oc2cc(C(=N)N)ccc2O)c1F)C(C)(C)C(=O)OCC. The summed E-state index contributed by atoms with van der Waals surface area (Å²) in [5, 5.41) is 18.3. The van der Waals surface area contributed by atoms with Crippen molar-refractivity contribution in [3.8, 4) is 29.0 Å². The van der Waals surface area contributed by atoms with E-state index in [2.05, 4.69) is 9.98 Å². The van der Waals surface area contributed by atoms with Crippen molar-refractivity contribution in [2.24, 2.45) is 10.7 Å². The van der Waals surface area contributed by atoms with Gasteiger partial charge in [0.2, 0.25) is 11.6 Å². The molecule has 1 aromatic heterocycles. The van der Waals surface area contributed by atoms with Crippen molar-refractivity contribution in [2.45, 2.75) is 46.1 Å². The molecule has 262 valence electrons. The van der Waals surface area contributed by atoms with Crippen molar-refractivity contribution in [3.63, 3.8) is 0 Å². The topological polar surface area (TPSA) is 173 Å². The number of amidine groups is 2. The minimum Gasteiger partial charge on any atom is -0.504 e. The number of nitrogen functional groups attached to an aromatic ring is 1. The fourth-order valence-corrected chi connectivity index (χ4v) is 5.09. The lowest BCUT2D eigenvalue weighted by Crippen LogP contribution is -2.52. The van der Waals surface area contributed by atoms with Gasteiger partial charge in [-0.3, -0.25) is 15.2 Å². The molecule has 15 heteroatoms. The molecule has 2 aromatic carbocycles. The number of nitrogens with zero attached hydrogens (tertiary/aromatic N) is 4. The smallest absolute Gasteiger partial charge is 0.331 e. The average Bonchev–Trinajstić information content (AvgIpc) is 3.49. The Hall–Kier alpha value is -5.47. The molecule has 4 rings (SSSR count). The molecule has 4 N–H and O–H groups in total. The third-order valence-electron chi connectivity index (χ3n) is 7.62. The molecule has 0 spiro atoms. The van der Waals surface area contributed by atoms with Gasteiger partial charge in [-0.2, -0.15) is 13.8 Å². The van der Waals surface area contributed by atoms with Gasteiger partial charge in [-0.1, -0.05) is 12.1 Å². The number of pyridine rings is 1. The first-order valence-electron chi connectivity index (χ1n) is 15.7. The van der Waals surface area contributed by atoms with Gasteiger partial charge in [0.05, 0.1) is 19.8 Å². The molecular formula is C34H40F2N6O7. The first-order valence-corrected chi connectivity index (χ1v) is 15.7. The second-order valence-corrected chi connectivity index (χ2v) is 11.5. The van der Waals surface area contributed by atoms with Crippen LogP contribution in [0.4, 0.5) is 14.5 Å². The summed E-state index contributed by atoms with van der Waals surface area (Å²) in [4.78, 5) is 37.0. The number of nitrogens with one attached hydrogen (secondary N) is 1. The summed E-state index contributed by atoms with van der Waals surface area (Å²) >= 11 is 0. The molecule has 0 bridgehead atoms. The van der Waals surface area contributed by atoms with E-state index < -0.39 is 52.3 Å². The molecule has 0 radical (unpaired) electrons. The number of hydrogen-bond acceptors (Lipinski definition) is 12. The highest BCUT2D eigenvalue weighted by atomic mass is 19.1. The number of carbonyl (C=O) groups excluding carboxylic acids is 2. The Morgan fingerprint density at radius 1 is 1.06 bits per heavy atom. The first-order chi connectivity index (χ1) is 23.3. The van der Waals surface area contributed by atoms with Gasteiger partial charge in [-0.05, 0) is 64.4 Å². The Balaban J connectivity index is 1.88. The number of aromatic hydroxyl groups is 1. The Morgan fingerprint density at radius 2 is 1.76 bits per heavy atom. The molecule has 1 aliphatic heterocycles. The van der Waals surface area contributed by atoms with Crippen molar-refractivity contribution in [1.82, 2.24) is 9.88 Å². The van der Waals surface area contributed by atoms with Gasteiger partial charge in [0.1, 0.15) is 28.6 Å². The Bertz CT molecular complexity index is 1750. The van der Waals surface area contributed by atoms with Crippen LogP contribution in [0.15, 0.2) is 47.5 Å². The molecule has 0 amide bonds. The van der Waals surface area contributed by atoms with Crippen LogP contribution in [0, 0.1) is 17.0 Å². The predicted octanol–water partition coefficient (Wildman–Crippen LogP) is 5.12. The largest absolute Gasteiger partial charge is 0.504 e. The molecule has 2 heterocycles. The summed E-state index contributed by atoms with van der Waals surface area (Å²) in [5.41, 5.74) is 3.97. The monoisotopic (exact) mass is 682 g/mol. The number of phenolic OH excluding ortho intramolecular Hbond substituents is 1. The van der Waals surface area contributed by atoms with Gasteiger partial charge in [0, 0.05) is 37.7 Å². The number of hydrogen-bond donors (Lipinski definition) is 3. The summed E-state index contributed by atoms with van der Waals surface area (Å²) in [6.45, 7) is 7.33. The normalized spacial score (nSPS) is 12.7. The number of halogens is 2. The zero-order valence-electron chi connectivity index (χ0n) is 28.0. The number of aromatic nitrogens is 1. The Kier molecular flexibility index (Phi) is 11.6. The van der Waals surface area contributed by atoms with Crippen molar-refractivity contribution in [2.75, 3.05) is 44.8 Å². The summed E-state index contributed by atoms with van der Waals surface area (Å²) in [5.74, 6) is -5.81. The molecule has 1 aliphatic rings. The van der Waals surface area contributed by atoms with Gasteiger partial charge >= 0.3 is 11.9 Å². The van der Waals surface area contributed by atoms with Gasteiger partial charge in [-0.15, -0.1) is 0 Å². The van der Waals surface area contributed by atoms with Gasteiger partial charge < -0.3 is 39.6 Å². The van der Waals surface area contributed by atoms with E-state index in [1.54, 1.807) is 38.1 Å². The maximum absolute atomic E-state index is 16.7. The molecule has 49 heavy (non-hydrogen) atoms. The standard InChI is InChI=1S/C34H40F2N6O7/c1-6-46-25(44)12-9-16-42(34(3,4)33(45)47-7-2)28-26(35)31(48-22-11-8-10-21(18-22)30-39-15-17-41(30)5)40-32(27(28)36)49-24-19-20(29(37)38)13-14-23(24)43/h8,10-11,13-14,18-19,43H,6-7,9,12,15-17H2,1-5H3,(H3,37,38). The molecule has 0 fully saturated rings. The number of phenols is 1. The number of rotatable bonds is 15. The van der Waals surface area contributed by atoms with Gasteiger partial charge in [0.25, 0.3) is 11.8 Å². The van der Waals surface area contributed by atoms with Crippen LogP contribution in [0.2, 0.25) is 0 Å². The van der Waals surface area contributed by atoms with Crippen LogP contribution in [0.5, 0.6) is 29.0 Å². The number of nitrogens with two attached hydrogens (primary N) is 1. The third kappa shape index (κ3) is 8.34. The van der Waals surface area contributed by atoms with Crippen LogP contribution in [-0.2, 0) is 19.1 Å². The van der Waals surface area contributed by atoms with Gasteiger partial charge in [0.15, 0.2) is 11.5 Å². The fraction of sp³-hybridized carbons (Fsp3) is 0.382. The zero-order valence-corrected chi connectivity index (χ0v) is 28.0. The van der Waals surface area contributed by atoms with Crippen molar-refractivity contribution < 1.29 is 42.4 Å². The number of anilines is 1. The maximum Gasteiger partial charge on any atom is 0.331 e. The molecule has 13 nitrogen and oxygen atoms in total. The van der Waals surface area contributed by atoms with E-state index in [4.69, 9.17) is 30.1 Å². The zero-order chi connectivity index (χ0) is 35.9. The summed E-state index contributed by atoms with van der Waals surface area (Å²) < 4.78 is 55.2. The summed E-state index contributed by atoms with van der Waals surface area (Å²) in [6, 6.07) is 10.4. The lowest BCUT2D eigenvalue weighted by molar-refractivity contribution is -0.148. The minimum absolute atomic E-state index is 0.00839. The Labute approximate surface area is 282 Å². The quantitative estimate of drug-likeness (QED) is 0.110. The van der Waals surface area contributed by atoms with E-state index in [0.717, 1.165) is 11.4 Å². The predicted molar refractivity (Wildman–Crippen MR) is 178 cm³/mol. The van der Waals surface area contributed by atoms with Crippen molar-refractivity contribution >= 4 is 29.3 Å². The highest BCUT2D eigenvalue weighted by molar-refractivity contribution is 6.00. The molecule has 0 saturated heterocycles. The molecular weight excluding hydrogens is 642 g/mol. The van der Waals surface area contributed by atoms with Gasteiger partial charge in [-0.25, -0.2) is 4.79 Å². The molecule has 0 unspecified atom stereocenters. The third-order valence-corrected chi connectivity index (χ3v) is 7.62. The fourth-order valence-electron chi connectivity index (χ4n) is 5.09. The van der Waals surface area contributed by atoms with Crippen LogP contribution in [0.25, 0.3) is 0 Å². The number of likely N-dealkylation sites (N-methyl/N-ethyl adjacent to an activating group) is 1. The maximum atomic E-state index is 16.7. The summed E-state index contributed by atoms with van der Waals surface area (Å²) in [6.07, 6.45) is -0.0739. The average molecular weight is 683 g/mol. The highest BCUT2D eigenvalue weighted by Gasteiger charge is 2.41. The van der Waals surface area contributed by atoms with Crippen LogP contribution in [0.1, 0.15) is 51.7 Å². The van der Waals surface area contributed by atoms with Crippen molar-refractivity contribution in [1.29, 1.82) is 5.41 Å². The number of benzene rings is 2. The Morgan fingerprint density at radius 3 is 2.39 bits per heavy atom. The molecule has 0 saturated carbocycles. The van der Waals surface area contributed by atoms with E-state index >= 15 is 8.78 Å². The van der Waals surface area contributed by atoms with E-state index in [0.29, 0.717) is 17.9 Å². The summed E-state index contributed by atoms with van der Waals surface area (Å²) in [7, 11) is 1.88. The lowest BCUT2D eigenvalue weighted by atomic mass is 10.0. The van der Waals surface area contributed by atoms with E-state index in [1.165, 1.54) is 32.0 Å². The second kappa shape index (κ2) is 15.6. The second-order valence-electron chi connectivity index (χ2n) is 11.5. The highest BCUT2D eigenvalue weighted by Crippen LogP contribution is 2.42. The van der Waals surface area contributed by atoms with E-state index in [1.807, 2.05) is 11.9 Å². The van der Waals surface area contributed by atoms with Crippen LogP contribution >= 0.6 is 0 Å². The minimum atomic E-state index is -1.69. The first kappa shape index (κ1) is 36.4. The number of aliphatic imine (C=N–C) groups is 1. The van der Waals surface area contributed by atoms with Crippen LogP contribution < -0.4 is 20.1 Å². The molecule has 3 aromatic rings. The van der Waals surface area contributed by atoms with Crippen LogP contribution in [0.3, 0.4) is 0 Å². The number of ether oxygens (including phenoxy) is 4. The van der Waals surface area contributed by atoms with E-state index in [-0.39, 0.29) is 55.5 Å². The molecule has 0 atom stereocenters. The number of carbonyl (C=O) groups is 2. The van der Waals surface area contributed by atoms with E-state index in [9.17, 15) is 14.7 Å². The lowest BCUT2D eigenvalue weighted by Gasteiger charge is -2.38.